The molecule has 0 bridgehead atoms. The Bertz CT molecular complexity index is 273. The third-order valence-electron chi connectivity index (χ3n) is 3.47. The van der Waals surface area contributed by atoms with Gasteiger partial charge in [-0.15, -0.1) is 0 Å². The number of hydrogen-bond donors (Lipinski definition) is 0. The van der Waals surface area contributed by atoms with E-state index in [9.17, 15) is 0 Å². The lowest BCUT2D eigenvalue weighted by molar-refractivity contribution is -0.153. The smallest absolute Gasteiger partial charge is 0.167 e. The van der Waals surface area contributed by atoms with Gasteiger partial charge in [-0.05, 0) is 37.7 Å². The van der Waals surface area contributed by atoms with Gasteiger partial charge in [0.05, 0.1) is 18.0 Å². The molecule has 0 saturated heterocycles. The van der Waals surface area contributed by atoms with Gasteiger partial charge in [-0.3, -0.25) is 0 Å². The molecule has 0 saturated carbocycles. The number of halogens is 1. The molecule has 0 aromatic carbocycles. The highest BCUT2D eigenvalue weighted by atomic mass is 79.9. The fourth-order valence-corrected chi connectivity index (χ4v) is 2.42. The highest BCUT2D eigenvalue weighted by Gasteiger charge is 2.28. The van der Waals surface area contributed by atoms with Gasteiger partial charge < -0.3 is 9.47 Å². The molecule has 0 radical (unpaired) electrons. The van der Waals surface area contributed by atoms with Crippen LogP contribution in [0.3, 0.4) is 0 Å². The third kappa shape index (κ3) is 4.38. The quantitative estimate of drug-likeness (QED) is 0.417. The fourth-order valence-electron chi connectivity index (χ4n) is 2.08. The maximum atomic E-state index is 6.04. The molecule has 0 aliphatic heterocycles. The van der Waals surface area contributed by atoms with Crippen molar-refractivity contribution in [2.24, 2.45) is 11.8 Å². The summed E-state index contributed by atoms with van der Waals surface area (Å²) in [7, 11) is 0. The predicted molar refractivity (Wildman–Crippen MR) is 75.4 cm³/mol. The first-order chi connectivity index (χ1) is 7.95. The minimum atomic E-state index is -0.129. The summed E-state index contributed by atoms with van der Waals surface area (Å²) >= 11 is 3.46. The van der Waals surface area contributed by atoms with E-state index in [0.717, 1.165) is 18.4 Å². The minimum absolute atomic E-state index is 0.129. The Balaban J connectivity index is 2.47. The lowest BCUT2D eigenvalue weighted by Crippen LogP contribution is -2.27. The fraction of sp³-hybridized carbons (Fsp3) is 0.857. The Hall–Kier alpha value is 0.140. The second-order valence-corrected chi connectivity index (χ2v) is 6.09. The lowest BCUT2D eigenvalue weighted by atomic mass is 10.1. The van der Waals surface area contributed by atoms with Crippen LogP contribution in [0.25, 0.3) is 0 Å². The molecule has 1 rings (SSSR count). The normalized spacial score (nSPS) is 27.0. The molecule has 0 aromatic rings. The molecule has 1 aliphatic carbocycles. The first kappa shape index (κ1) is 15.2. The van der Waals surface area contributed by atoms with Gasteiger partial charge in [0.2, 0.25) is 0 Å². The van der Waals surface area contributed by atoms with E-state index in [0.29, 0.717) is 11.8 Å². The van der Waals surface area contributed by atoms with E-state index in [2.05, 4.69) is 50.5 Å². The van der Waals surface area contributed by atoms with Gasteiger partial charge in [-0.25, -0.2) is 0 Å². The van der Waals surface area contributed by atoms with E-state index >= 15 is 0 Å². The van der Waals surface area contributed by atoms with Crippen LogP contribution < -0.4 is 0 Å². The Morgan fingerprint density at radius 2 is 1.94 bits per heavy atom. The van der Waals surface area contributed by atoms with Crippen molar-refractivity contribution in [3.05, 3.63) is 11.1 Å². The number of hydrogen-bond acceptors (Lipinski definition) is 2. The van der Waals surface area contributed by atoms with Crippen molar-refractivity contribution in [1.82, 2.24) is 0 Å². The zero-order valence-corrected chi connectivity index (χ0v) is 13.2. The molecular formula is C14H25BrO2. The molecule has 0 aromatic heterocycles. The van der Waals surface area contributed by atoms with Gasteiger partial charge in [-0.2, -0.15) is 0 Å². The standard InChI is InChI=1S/C14H25BrO2/c1-9(2)8-16-14(7-15)17-13-6-10(3)11(4)12(13)5/h9-10,13-14H,6-8H2,1-5H3. The Morgan fingerprint density at radius 3 is 2.35 bits per heavy atom. The van der Waals surface area contributed by atoms with Crippen LogP contribution in [-0.2, 0) is 9.47 Å². The Labute approximate surface area is 114 Å². The van der Waals surface area contributed by atoms with E-state index in [4.69, 9.17) is 9.47 Å². The van der Waals surface area contributed by atoms with Crippen molar-refractivity contribution >= 4 is 15.9 Å². The van der Waals surface area contributed by atoms with Gasteiger partial charge >= 0.3 is 0 Å². The molecule has 2 nitrogen and oxygen atoms in total. The van der Waals surface area contributed by atoms with Crippen LogP contribution in [0.15, 0.2) is 11.1 Å². The van der Waals surface area contributed by atoms with E-state index in [1.54, 1.807) is 0 Å². The van der Waals surface area contributed by atoms with E-state index < -0.39 is 0 Å². The summed E-state index contributed by atoms with van der Waals surface area (Å²) in [5.41, 5.74) is 2.86. The zero-order valence-electron chi connectivity index (χ0n) is 11.6. The van der Waals surface area contributed by atoms with Gasteiger partial charge in [0.1, 0.15) is 0 Å². The number of rotatable bonds is 6. The third-order valence-corrected chi connectivity index (χ3v) is 4.00. The maximum absolute atomic E-state index is 6.04. The van der Waals surface area contributed by atoms with Crippen LogP contribution in [0, 0.1) is 11.8 Å². The first-order valence-electron chi connectivity index (χ1n) is 6.46. The summed E-state index contributed by atoms with van der Waals surface area (Å²) in [5, 5.41) is 0.733. The van der Waals surface area contributed by atoms with Gasteiger partial charge in [0.25, 0.3) is 0 Å². The molecular weight excluding hydrogens is 280 g/mol. The van der Waals surface area contributed by atoms with Crippen molar-refractivity contribution < 1.29 is 9.47 Å². The summed E-state index contributed by atoms with van der Waals surface area (Å²) in [6, 6.07) is 0. The summed E-state index contributed by atoms with van der Waals surface area (Å²) in [4.78, 5) is 0. The lowest BCUT2D eigenvalue weighted by Gasteiger charge is -2.23. The topological polar surface area (TPSA) is 18.5 Å². The number of allylic oxidation sites excluding steroid dienone is 1. The molecule has 3 unspecified atom stereocenters. The van der Waals surface area contributed by atoms with Crippen LogP contribution in [0.4, 0.5) is 0 Å². The van der Waals surface area contributed by atoms with E-state index in [-0.39, 0.29) is 12.4 Å². The van der Waals surface area contributed by atoms with Crippen molar-refractivity contribution in [3.63, 3.8) is 0 Å². The predicted octanol–water partition coefficient (Wildman–Crippen LogP) is 4.14. The largest absolute Gasteiger partial charge is 0.351 e. The van der Waals surface area contributed by atoms with Crippen molar-refractivity contribution in [2.75, 3.05) is 11.9 Å². The maximum Gasteiger partial charge on any atom is 0.167 e. The number of ether oxygens (including phenoxy) is 2. The first-order valence-corrected chi connectivity index (χ1v) is 7.58. The van der Waals surface area contributed by atoms with Gasteiger partial charge in [0, 0.05) is 0 Å². The molecule has 3 heteroatoms. The average molecular weight is 305 g/mol. The van der Waals surface area contributed by atoms with Crippen molar-refractivity contribution in [2.45, 2.75) is 53.4 Å². The molecule has 100 valence electrons. The van der Waals surface area contributed by atoms with Crippen LogP contribution in [0.5, 0.6) is 0 Å². The second kappa shape index (κ2) is 6.91. The summed E-state index contributed by atoms with van der Waals surface area (Å²) in [5.74, 6) is 1.18. The Morgan fingerprint density at radius 1 is 1.29 bits per heavy atom. The summed E-state index contributed by atoms with van der Waals surface area (Å²) in [6.07, 6.45) is 1.20. The molecule has 0 heterocycles. The van der Waals surface area contributed by atoms with Crippen LogP contribution in [-0.4, -0.2) is 24.3 Å². The Kier molecular flexibility index (Phi) is 6.18. The molecule has 0 amide bonds. The zero-order chi connectivity index (χ0) is 13.0. The van der Waals surface area contributed by atoms with Gasteiger partial charge in [0.15, 0.2) is 6.29 Å². The molecule has 0 N–H and O–H groups in total. The molecule has 0 spiro atoms. The van der Waals surface area contributed by atoms with Gasteiger partial charge in [-0.1, -0.05) is 42.3 Å². The second-order valence-electron chi connectivity index (χ2n) is 5.44. The molecule has 17 heavy (non-hydrogen) atoms. The van der Waals surface area contributed by atoms with Crippen LogP contribution in [0.2, 0.25) is 0 Å². The monoisotopic (exact) mass is 304 g/mol. The molecule has 1 aliphatic rings. The van der Waals surface area contributed by atoms with E-state index in [1.165, 1.54) is 11.1 Å². The highest BCUT2D eigenvalue weighted by molar-refractivity contribution is 9.09. The summed E-state index contributed by atoms with van der Waals surface area (Å²) in [6.45, 7) is 11.7. The van der Waals surface area contributed by atoms with Crippen LogP contribution in [0.1, 0.15) is 41.0 Å². The summed E-state index contributed by atoms with van der Waals surface area (Å²) < 4.78 is 11.8. The average Bonchev–Trinajstić information content (AvgIpc) is 2.52. The minimum Gasteiger partial charge on any atom is -0.351 e. The highest BCUT2D eigenvalue weighted by Crippen LogP contribution is 2.34. The van der Waals surface area contributed by atoms with E-state index in [1.807, 2.05) is 0 Å². The van der Waals surface area contributed by atoms with Crippen molar-refractivity contribution in [3.8, 4) is 0 Å². The molecule has 0 fully saturated rings. The van der Waals surface area contributed by atoms with Crippen molar-refractivity contribution in [1.29, 1.82) is 0 Å². The number of alkyl halides is 1. The molecule has 3 atom stereocenters. The SMILES string of the molecule is CC1=C(C)C(OC(CBr)OCC(C)C)CC1C. The van der Waals surface area contributed by atoms with Crippen LogP contribution >= 0.6 is 15.9 Å².